The Kier molecular flexibility index (Phi) is 4.21. The Hall–Kier alpha value is -1.75. The van der Waals surface area contributed by atoms with Crippen LogP contribution in [0.1, 0.15) is 25.2 Å². The van der Waals surface area contributed by atoms with Gasteiger partial charge in [-0.15, -0.1) is 0 Å². The van der Waals surface area contributed by atoms with Gasteiger partial charge in [0.2, 0.25) is 11.7 Å². The van der Waals surface area contributed by atoms with E-state index in [0.717, 1.165) is 37.9 Å². The Morgan fingerprint density at radius 1 is 1.18 bits per heavy atom. The molecule has 0 atom stereocenters. The molecule has 0 saturated heterocycles. The van der Waals surface area contributed by atoms with Crippen LogP contribution in [0.5, 0.6) is 0 Å². The maximum absolute atomic E-state index is 5.43. The molecule has 0 unspecified atom stereocenters. The molecule has 0 aromatic carbocycles. The lowest BCUT2D eigenvalue weighted by Crippen LogP contribution is -1.98. The summed E-state index contributed by atoms with van der Waals surface area (Å²) in [5.74, 6) is 1.22. The van der Waals surface area contributed by atoms with E-state index in [4.69, 9.17) is 10.3 Å². The summed E-state index contributed by atoms with van der Waals surface area (Å²) in [6, 6.07) is 5.62. The second kappa shape index (κ2) is 6.10. The zero-order valence-corrected chi connectivity index (χ0v) is 9.67. The summed E-state index contributed by atoms with van der Waals surface area (Å²) in [6.07, 6.45) is 5.69. The van der Waals surface area contributed by atoms with E-state index in [-0.39, 0.29) is 0 Å². The predicted molar refractivity (Wildman–Crippen MR) is 64.1 cm³/mol. The summed E-state index contributed by atoms with van der Waals surface area (Å²) in [7, 11) is 0. The first-order chi connectivity index (χ1) is 8.40. The van der Waals surface area contributed by atoms with E-state index in [0.29, 0.717) is 11.7 Å². The van der Waals surface area contributed by atoms with Gasteiger partial charge in [0, 0.05) is 12.6 Å². The number of unbranched alkanes of at least 4 members (excludes halogenated alkanes) is 2. The largest absolute Gasteiger partial charge is 0.339 e. The van der Waals surface area contributed by atoms with Crippen molar-refractivity contribution in [2.45, 2.75) is 25.7 Å². The van der Waals surface area contributed by atoms with Crippen molar-refractivity contribution in [2.24, 2.45) is 5.73 Å². The maximum Gasteiger partial charge on any atom is 0.227 e. The molecular weight excluding hydrogens is 216 g/mol. The molecule has 5 nitrogen and oxygen atoms in total. The topological polar surface area (TPSA) is 77.8 Å². The average molecular weight is 232 g/mol. The zero-order valence-electron chi connectivity index (χ0n) is 9.67. The van der Waals surface area contributed by atoms with E-state index >= 15 is 0 Å². The highest BCUT2D eigenvalue weighted by Gasteiger charge is 2.08. The Morgan fingerprint density at radius 3 is 2.88 bits per heavy atom. The van der Waals surface area contributed by atoms with Crippen molar-refractivity contribution in [2.75, 3.05) is 6.54 Å². The van der Waals surface area contributed by atoms with Crippen molar-refractivity contribution in [3.63, 3.8) is 0 Å². The van der Waals surface area contributed by atoms with Gasteiger partial charge in [-0.25, -0.2) is 0 Å². The molecule has 2 N–H and O–H groups in total. The van der Waals surface area contributed by atoms with Crippen molar-refractivity contribution in [3.8, 4) is 11.5 Å². The zero-order chi connectivity index (χ0) is 11.9. The van der Waals surface area contributed by atoms with Gasteiger partial charge >= 0.3 is 0 Å². The minimum atomic E-state index is 0.555. The minimum Gasteiger partial charge on any atom is -0.339 e. The number of aryl methyl sites for hydroxylation is 1. The Labute approximate surface area is 100 Å². The van der Waals surface area contributed by atoms with Crippen LogP contribution in [-0.2, 0) is 6.42 Å². The third-order valence-electron chi connectivity index (χ3n) is 2.46. The molecule has 0 aliphatic rings. The molecule has 0 radical (unpaired) electrons. The molecule has 2 rings (SSSR count). The van der Waals surface area contributed by atoms with Crippen molar-refractivity contribution < 1.29 is 4.52 Å². The van der Waals surface area contributed by atoms with Gasteiger partial charge in [0.05, 0.1) is 0 Å². The lowest BCUT2D eigenvalue weighted by Gasteiger charge is -1.94. The summed E-state index contributed by atoms with van der Waals surface area (Å²) in [4.78, 5) is 8.48. The summed E-state index contributed by atoms with van der Waals surface area (Å²) in [5, 5.41) is 3.91. The normalized spacial score (nSPS) is 10.6. The molecule has 0 bridgehead atoms. The van der Waals surface area contributed by atoms with Crippen LogP contribution < -0.4 is 5.73 Å². The summed E-state index contributed by atoms with van der Waals surface area (Å²) in [5.41, 5.74) is 6.17. The van der Waals surface area contributed by atoms with Crippen LogP contribution in [0.15, 0.2) is 28.9 Å². The van der Waals surface area contributed by atoms with Gasteiger partial charge in [0.15, 0.2) is 0 Å². The standard InChI is InChI=1S/C12H16N4O/c13-8-4-1-2-7-11-15-12(16-17-11)10-6-3-5-9-14-10/h3,5-6,9H,1-2,4,7-8,13H2. The van der Waals surface area contributed by atoms with Gasteiger partial charge in [-0.1, -0.05) is 17.6 Å². The first-order valence-corrected chi connectivity index (χ1v) is 5.84. The SMILES string of the molecule is NCCCCCc1nc(-c2ccccn2)no1. The lowest BCUT2D eigenvalue weighted by molar-refractivity contribution is 0.374. The maximum atomic E-state index is 5.43. The van der Waals surface area contributed by atoms with Crippen LogP contribution in [0.2, 0.25) is 0 Å². The second-order valence-electron chi connectivity index (χ2n) is 3.83. The summed E-state index contributed by atoms with van der Waals surface area (Å²) < 4.78 is 5.17. The number of aromatic nitrogens is 3. The van der Waals surface area contributed by atoms with Crippen molar-refractivity contribution in [1.29, 1.82) is 0 Å². The van der Waals surface area contributed by atoms with E-state index < -0.39 is 0 Å². The smallest absolute Gasteiger partial charge is 0.227 e. The van der Waals surface area contributed by atoms with Crippen LogP contribution >= 0.6 is 0 Å². The highest BCUT2D eigenvalue weighted by molar-refractivity contribution is 5.46. The molecule has 0 aliphatic heterocycles. The Balaban J connectivity index is 1.92. The highest BCUT2D eigenvalue weighted by Crippen LogP contribution is 2.13. The molecular formula is C12H16N4O. The quantitative estimate of drug-likeness (QED) is 0.768. The molecule has 17 heavy (non-hydrogen) atoms. The van der Waals surface area contributed by atoms with Crippen LogP contribution in [0.3, 0.4) is 0 Å². The van der Waals surface area contributed by atoms with Crippen LogP contribution in [0, 0.1) is 0 Å². The third kappa shape index (κ3) is 3.35. The van der Waals surface area contributed by atoms with Gasteiger partial charge in [0.25, 0.3) is 0 Å². The van der Waals surface area contributed by atoms with Crippen LogP contribution in [0.4, 0.5) is 0 Å². The van der Waals surface area contributed by atoms with Gasteiger partial charge in [-0.2, -0.15) is 4.98 Å². The second-order valence-corrected chi connectivity index (χ2v) is 3.83. The van der Waals surface area contributed by atoms with Gasteiger partial charge in [-0.05, 0) is 31.5 Å². The molecule has 0 aliphatic carbocycles. The molecule has 0 fully saturated rings. The van der Waals surface area contributed by atoms with E-state index in [9.17, 15) is 0 Å². The fraction of sp³-hybridized carbons (Fsp3) is 0.417. The molecule has 5 heteroatoms. The molecule has 0 amide bonds. The number of hydrogen-bond donors (Lipinski definition) is 1. The first-order valence-electron chi connectivity index (χ1n) is 5.84. The number of nitrogens with zero attached hydrogens (tertiary/aromatic N) is 3. The number of nitrogens with two attached hydrogens (primary N) is 1. The third-order valence-corrected chi connectivity index (χ3v) is 2.46. The van der Waals surface area contributed by atoms with Crippen molar-refractivity contribution in [3.05, 3.63) is 30.3 Å². The van der Waals surface area contributed by atoms with Crippen LogP contribution in [-0.4, -0.2) is 21.7 Å². The highest BCUT2D eigenvalue weighted by atomic mass is 16.5. The minimum absolute atomic E-state index is 0.555. The molecule has 0 spiro atoms. The van der Waals surface area contributed by atoms with Crippen LogP contribution in [0.25, 0.3) is 11.5 Å². The lowest BCUT2D eigenvalue weighted by atomic mass is 10.2. The number of hydrogen-bond acceptors (Lipinski definition) is 5. The Morgan fingerprint density at radius 2 is 2.12 bits per heavy atom. The molecule has 0 saturated carbocycles. The van der Waals surface area contributed by atoms with Gasteiger partial charge in [0.1, 0.15) is 5.69 Å². The fourth-order valence-electron chi connectivity index (χ4n) is 1.55. The molecule has 90 valence electrons. The van der Waals surface area contributed by atoms with Gasteiger partial charge < -0.3 is 10.3 Å². The first kappa shape index (κ1) is 11.7. The molecule has 2 aromatic heterocycles. The Bertz CT molecular complexity index is 441. The van der Waals surface area contributed by atoms with E-state index in [1.807, 2.05) is 18.2 Å². The number of pyridine rings is 1. The average Bonchev–Trinajstić information content (AvgIpc) is 2.85. The predicted octanol–water partition coefficient (Wildman–Crippen LogP) is 1.80. The fourth-order valence-corrected chi connectivity index (χ4v) is 1.55. The monoisotopic (exact) mass is 232 g/mol. The summed E-state index contributed by atoms with van der Waals surface area (Å²) >= 11 is 0. The van der Waals surface area contributed by atoms with E-state index in [1.165, 1.54) is 0 Å². The van der Waals surface area contributed by atoms with E-state index in [2.05, 4.69) is 15.1 Å². The molecule has 2 aromatic rings. The van der Waals surface area contributed by atoms with Gasteiger partial charge in [-0.3, -0.25) is 4.98 Å². The van der Waals surface area contributed by atoms with Crippen molar-refractivity contribution >= 4 is 0 Å². The number of rotatable bonds is 6. The molecule has 2 heterocycles. The summed E-state index contributed by atoms with van der Waals surface area (Å²) in [6.45, 7) is 0.739. The van der Waals surface area contributed by atoms with Crippen molar-refractivity contribution in [1.82, 2.24) is 15.1 Å². The van der Waals surface area contributed by atoms with E-state index in [1.54, 1.807) is 6.20 Å².